The van der Waals surface area contributed by atoms with Crippen LogP contribution in [0.1, 0.15) is 23.2 Å². The Morgan fingerprint density at radius 1 is 0.970 bits per heavy atom. The average molecular weight is 454 g/mol. The number of aromatic nitrogens is 2. The second-order valence-corrected chi connectivity index (χ2v) is 8.51. The summed E-state index contributed by atoms with van der Waals surface area (Å²) in [5, 5.41) is 9.74. The van der Waals surface area contributed by atoms with Gasteiger partial charge in [0.15, 0.2) is 0 Å². The Kier molecular flexibility index (Phi) is 6.99. The third kappa shape index (κ3) is 5.61. The van der Waals surface area contributed by atoms with E-state index in [1.54, 1.807) is 6.07 Å². The van der Waals surface area contributed by atoms with Crippen molar-refractivity contribution in [2.24, 2.45) is 4.99 Å². The molecular weight excluding hydrogens is 422 g/mol. The van der Waals surface area contributed by atoms with Crippen molar-refractivity contribution in [1.82, 2.24) is 14.9 Å². The number of rotatable bonds is 7. The zero-order valence-corrected chi connectivity index (χ0v) is 18.9. The fourth-order valence-electron chi connectivity index (χ4n) is 4.45. The predicted molar refractivity (Wildman–Crippen MR) is 124 cm³/mol. The molecule has 5 rings (SSSR count). The summed E-state index contributed by atoms with van der Waals surface area (Å²) in [6.07, 6.45) is 1.78. The molecule has 2 aromatic rings. The van der Waals surface area contributed by atoms with Crippen LogP contribution in [0.25, 0.3) is 0 Å². The quantitative estimate of drug-likeness (QED) is 0.677. The molecule has 0 saturated carbocycles. The van der Waals surface area contributed by atoms with E-state index in [-0.39, 0.29) is 0 Å². The van der Waals surface area contributed by atoms with Gasteiger partial charge >= 0.3 is 6.01 Å². The van der Waals surface area contributed by atoms with Gasteiger partial charge in [-0.1, -0.05) is 0 Å². The molecule has 9 heteroatoms. The van der Waals surface area contributed by atoms with E-state index in [1.165, 1.54) is 0 Å². The van der Waals surface area contributed by atoms with Gasteiger partial charge in [0.2, 0.25) is 0 Å². The van der Waals surface area contributed by atoms with Crippen LogP contribution in [-0.2, 0) is 22.4 Å². The van der Waals surface area contributed by atoms with Gasteiger partial charge in [-0.2, -0.15) is 9.97 Å². The maximum atomic E-state index is 9.74. The number of phenols is 1. The summed E-state index contributed by atoms with van der Waals surface area (Å²) in [7, 11) is 0. The maximum absolute atomic E-state index is 9.74. The molecule has 0 radical (unpaired) electrons. The van der Waals surface area contributed by atoms with Crippen LogP contribution >= 0.6 is 0 Å². The summed E-state index contributed by atoms with van der Waals surface area (Å²) in [5.74, 6) is 1.17. The van der Waals surface area contributed by atoms with Gasteiger partial charge in [-0.25, -0.2) is 0 Å². The molecule has 3 heterocycles. The molecule has 1 aromatic heterocycles. The van der Waals surface area contributed by atoms with Gasteiger partial charge in [-0.05, 0) is 42.2 Å². The van der Waals surface area contributed by atoms with E-state index in [9.17, 15) is 5.11 Å². The molecule has 3 aliphatic rings. The lowest BCUT2D eigenvalue weighted by Gasteiger charge is -2.28. The van der Waals surface area contributed by atoms with E-state index in [1.807, 2.05) is 18.2 Å². The second kappa shape index (κ2) is 10.5. The minimum atomic E-state index is 0.305. The summed E-state index contributed by atoms with van der Waals surface area (Å²) in [6.45, 7) is 8.23. The monoisotopic (exact) mass is 453 g/mol. The van der Waals surface area contributed by atoms with Crippen molar-refractivity contribution in [3.63, 3.8) is 0 Å². The molecule has 1 aromatic carbocycles. The highest BCUT2D eigenvalue weighted by atomic mass is 16.5. The number of aryl methyl sites for hydroxylation is 1. The van der Waals surface area contributed by atoms with Crippen LogP contribution in [0.2, 0.25) is 0 Å². The first kappa shape index (κ1) is 22.1. The number of hydrogen-bond acceptors (Lipinski definition) is 9. The van der Waals surface area contributed by atoms with Crippen LogP contribution in [0.4, 0.5) is 5.82 Å². The topological polar surface area (TPSA) is 92.5 Å². The molecule has 0 bridgehead atoms. The Bertz CT molecular complexity index is 987. The van der Waals surface area contributed by atoms with E-state index >= 15 is 0 Å². The standard InChI is InChI=1S/C24H31N5O4/c30-20-2-3-21-18(15-20)1-4-22(21)25-17-19-16-23(29-8-12-32-13-9-29)27-24(26-19)33-14-7-28-5-10-31-11-6-28/h2-3,15-16,30H,1,4-14,17H2. The van der Waals surface area contributed by atoms with Gasteiger partial charge in [-0.15, -0.1) is 0 Å². The first-order valence-electron chi connectivity index (χ1n) is 11.7. The summed E-state index contributed by atoms with van der Waals surface area (Å²) in [6, 6.07) is 7.92. The molecule has 2 saturated heterocycles. The Labute approximate surface area is 194 Å². The van der Waals surface area contributed by atoms with E-state index in [0.717, 1.165) is 87.1 Å². The second-order valence-electron chi connectivity index (χ2n) is 8.51. The molecule has 9 nitrogen and oxygen atoms in total. The van der Waals surface area contributed by atoms with Crippen LogP contribution in [0.5, 0.6) is 11.8 Å². The van der Waals surface area contributed by atoms with Crippen molar-refractivity contribution in [3.05, 3.63) is 41.1 Å². The lowest BCUT2D eigenvalue weighted by Crippen LogP contribution is -2.39. The molecule has 2 fully saturated rings. The molecule has 0 spiro atoms. The molecule has 2 aliphatic heterocycles. The number of fused-ring (bicyclic) bond motifs is 1. The number of morpholine rings is 2. The average Bonchev–Trinajstić information content (AvgIpc) is 3.26. The molecular formula is C24H31N5O4. The van der Waals surface area contributed by atoms with E-state index < -0.39 is 0 Å². The number of benzene rings is 1. The number of phenolic OH excluding ortho intramolecular Hbond substituents is 1. The lowest BCUT2D eigenvalue weighted by molar-refractivity contribution is 0.0317. The Balaban J connectivity index is 1.30. The van der Waals surface area contributed by atoms with Crippen molar-refractivity contribution in [2.75, 3.05) is 70.7 Å². The van der Waals surface area contributed by atoms with E-state index in [4.69, 9.17) is 19.2 Å². The molecule has 0 amide bonds. The highest BCUT2D eigenvalue weighted by molar-refractivity contribution is 6.04. The number of aromatic hydroxyl groups is 1. The summed E-state index contributed by atoms with van der Waals surface area (Å²) >= 11 is 0. The number of hydrogen-bond donors (Lipinski definition) is 1. The third-order valence-electron chi connectivity index (χ3n) is 6.29. The molecule has 176 valence electrons. The van der Waals surface area contributed by atoms with Crippen LogP contribution in [0.3, 0.4) is 0 Å². The zero-order valence-electron chi connectivity index (χ0n) is 18.9. The highest BCUT2D eigenvalue weighted by Crippen LogP contribution is 2.27. The van der Waals surface area contributed by atoms with Crippen molar-refractivity contribution in [2.45, 2.75) is 19.4 Å². The largest absolute Gasteiger partial charge is 0.508 e. The van der Waals surface area contributed by atoms with Crippen molar-refractivity contribution in [1.29, 1.82) is 0 Å². The first-order chi connectivity index (χ1) is 16.2. The maximum Gasteiger partial charge on any atom is 0.318 e. The predicted octanol–water partition coefficient (Wildman–Crippen LogP) is 1.67. The van der Waals surface area contributed by atoms with Crippen LogP contribution < -0.4 is 9.64 Å². The number of nitrogens with zero attached hydrogens (tertiary/aromatic N) is 5. The van der Waals surface area contributed by atoms with E-state index in [0.29, 0.717) is 38.1 Å². The normalized spacial score (nSPS) is 20.2. The first-order valence-corrected chi connectivity index (χ1v) is 11.7. The lowest BCUT2D eigenvalue weighted by atomic mass is 10.1. The Hall–Kier alpha value is -2.75. The fourth-order valence-corrected chi connectivity index (χ4v) is 4.45. The zero-order chi connectivity index (χ0) is 22.5. The Morgan fingerprint density at radius 3 is 2.58 bits per heavy atom. The number of ether oxygens (including phenoxy) is 3. The third-order valence-corrected chi connectivity index (χ3v) is 6.29. The van der Waals surface area contributed by atoms with Crippen LogP contribution in [0.15, 0.2) is 29.3 Å². The summed E-state index contributed by atoms with van der Waals surface area (Å²) < 4.78 is 16.9. The number of anilines is 1. The van der Waals surface area contributed by atoms with Gasteiger partial charge in [0.1, 0.15) is 18.2 Å². The smallest absolute Gasteiger partial charge is 0.318 e. The van der Waals surface area contributed by atoms with Crippen molar-refractivity contribution >= 4 is 11.5 Å². The molecule has 0 unspecified atom stereocenters. The van der Waals surface area contributed by atoms with Crippen molar-refractivity contribution in [3.8, 4) is 11.8 Å². The Morgan fingerprint density at radius 2 is 1.76 bits per heavy atom. The van der Waals surface area contributed by atoms with Crippen LogP contribution in [-0.4, -0.2) is 91.4 Å². The van der Waals surface area contributed by atoms with Crippen molar-refractivity contribution < 1.29 is 19.3 Å². The minimum Gasteiger partial charge on any atom is -0.508 e. The highest BCUT2D eigenvalue weighted by Gasteiger charge is 2.19. The molecule has 0 atom stereocenters. The van der Waals surface area contributed by atoms with Gasteiger partial charge in [-0.3, -0.25) is 9.89 Å². The molecule has 33 heavy (non-hydrogen) atoms. The van der Waals surface area contributed by atoms with E-state index in [2.05, 4.69) is 19.8 Å². The van der Waals surface area contributed by atoms with Crippen LogP contribution in [0, 0.1) is 0 Å². The SMILES string of the molecule is Oc1ccc2c(c1)CCC2=NCc1cc(N2CCOCC2)nc(OCCN2CCOCC2)n1. The minimum absolute atomic E-state index is 0.305. The van der Waals surface area contributed by atoms with Gasteiger partial charge in [0, 0.05) is 44.5 Å². The van der Waals surface area contributed by atoms with Gasteiger partial charge in [0.25, 0.3) is 0 Å². The number of aliphatic imine (C=N–C) groups is 1. The van der Waals surface area contributed by atoms with Gasteiger partial charge in [0.05, 0.1) is 38.7 Å². The molecule has 1 aliphatic carbocycles. The summed E-state index contributed by atoms with van der Waals surface area (Å²) in [4.78, 5) is 18.8. The van der Waals surface area contributed by atoms with Gasteiger partial charge < -0.3 is 24.2 Å². The fraction of sp³-hybridized carbons (Fsp3) is 0.542. The molecule has 1 N–H and O–H groups in total. The summed E-state index contributed by atoms with van der Waals surface area (Å²) in [5.41, 5.74) is 4.17.